The predicted octanol–water partition coefficient (Wildman–Crippen LogP) is 2.76. The van der Waals surface area contributed by atoms with Crippen molar-refractivity contribution in [3.05, 3.63) is 64.2 Å². The summed E-state index contributed by atoms with van der Waals surface area (Å²) < 4.78 is 13.2. The summed E-state index contributed by atoms with van der Waals surface area (Å²) >= 11 is 0. The van der Waals surface area contributed by atoms with Crippen molar-refractivity contribution in [2.75, 3.05) is 26.8 Å². The smallest absolute Gasteiger partial charge is 0.270 e. The van der Waals surface area contributed by atoms with Crippen molar-refractivity contribution in [1.82, 2.24) is 15.1 Å². The largest absolute Gasteiger partial charge is 0.471 e. The Morgan fingerprint density at radius 1 is 1.19 bits per heavy atom. The van der Waals surface area contributed by atoms with Gasteiger partial charge in [-0.1, -0.05) is 30.3 Å². The van der Waals surface area contributed by atoms with Crippen LogP contribution in [0.25, 0.3) is 10.9 Å². The van der Waals surface area contributed by atoms with Gasteiger partial charge in [-0.25, -0.2) is 0 Å². The Hall–Kier alpha value is -2.97. The second-order valence-electron chi connectivity index (χ2n) is 5.98. The van der Waals surface area contributed by atoms with E-state index in [9.17, 15) is 10.1 Å². The van der Waals surface area contributed by atoms with Gasteiger partial charge in [0, 0.05) is 18.7 Å². The molecule has 0 aliphatic carbocycles. The minimum Gasteiger partial charge on any atom is -0.471 e. The molecule has 0 bridgehead atoms. The predicted molar refractivity (Wildman–Crippen MR) is 102 cm³/mol. The lowest BCUT2D eigenvalue weighted by molar-refractivity contribution is -0.384. The molecule has 0 aliphatic heterocycles. The Bertz CT molecular complexity index is 895. The Kier molecular flexibility index (Phi) is 6.35. The second-order valence-corrected chi connectivity index (χ2v) is 5.98. The molecule has 3 rings (SSSR count). The van der Waals surface area contributed by atoms with Crippen molar-refractivity contribution >= 4 is 16.6 Å². The van der Waals surface area contributed by atoms with Gasteiger partial charge in [-0.2, -0.15) is 0 Å². The van der Waals surface area contributed by atoms with Crippen LogP contribution in [-0.2, 0) is 17.9 Å². The van der Waals surface area contributed by atoms with Crippen LogP contribution in [0.15, 0.2) is 48.5 Å². The Labute approximate surface area is 156 Å². The molecule has 0 fully saturated rings. The number of likely N-dealkylation sites (N-methyl/N-ethyl adjacent to an activating group) is 1. The molecule has 8 nitrogen and oxygen atoms in total. The summed E-state index contributed by atoms with van der Waals surface area (Å²) in [7, 11) is 1.87. The third-order valence-corrected chi connectivity index (χ3v) is 4.07. The van der Waals surface area contributed by atoms with Gasteiger partial charge in [0.25, 0.3) is 5.69 Å². The number of aromatic nitrogens is 2. The summed E-state index contributed by atoms with van der Waals surface area (Å²) in [5.74, 6) is 0.382. The first-order valence-electron chi connectivity index (χ1n) is 8.73. The minimum atomic E-state index is -0.418. The van der Waals surface area contributed by atoms with Gasteiger partial charge in [-0.15, -0.1) is 5.10 Å². The van der Waals surface area contributed by atoms with E-state index < -0.39 is 4.92 Å². The Morgan fingerprint density at radius 3 is 2.74 bits per heavy atom. The maximum atomic E-state index is 11.1. The van der Waals surface area contributed by atoms with Crippen LogP contribution in [0.5, 0.6) is 5.88 Å². The molecular weight excluding hydrogens is 348 g/mol. The van der Waals surface area contributed by atoms with Crippen LogP contribution < -0.4 is 10.1 Å². The summed E-state index contributed by atoms with van der Waals surface area (Å²) in [4.78, 5) is 10.7. The summed E-state index contributed by atoms with van der Waals surface area (Å²) in [5.41, 5.74) is 1.79. The highest BCUT2D eigenvalue weighted by Gasteiger charge is 2.16. The highest BCUT2D eigenvalue weighted by molar-refractivity contribution is 5.86. The van der Waals surface area contributed by atoms with Crippen LogP contribution in [0.2, 0.25) is 0 Å². The monoisotopic (exact) mass is 370 g/mol. The average molecular weight is 370 g/mol. The van der Waals surface area contributed by atoms with Crippen molar-refractivity contribution in [1.29, 1.82) is 0 Å². The number of nitrogens with zero attached hydrogens (tertiary/aromatic N) is 3. The van der Waals surface area contributed by atoms with E-state index in [-0.39, 0.29) is 5.69 Å². The SMILES string of the molecule is CNCCOCCn1nc(OCc2ccccc2)c2cc([N+](=O)[O-])ccc21. The molecule has 2 aromatic carbocycles. The van der Waals surface area contributed by atoms with Gasteiger partial charge in [0.1, 0.15) is 6.61 Å². The molecule has 1 N–H and O–H groups in total. The van der Waals surface area contributed by atoms with Gasteiger partial charge in [0.2, 0.25) is 5.88 Å². The number of nitro benzene ring substituents is 1. The van der Waals surface area contributed by atoms with E-state index >= 15 is 0 Å². The van der Waals surface area contributed by atoms with Crippen molar-refractivity contribution in [2.45, 2.75) is 13.2 Å². The number of nitrogens with one attached hydrogen (secondary N) is 1. The molecule has 0 amide bonds. The molecular formula is C19H22N4O4. The molecule has 8 heteroatoms. The number of ether oxygens (including phenoxy) is 2. The van der Waals surface area contributed by atoms with Crippen LogP contribution in [-0.4, -0.2) is 41.5 Å². The number of hydrogen-bond acceptors (Lipinski definition) is 6. The average Bonchev–Trinajstić information content (AvgIpc) is 3.04. The van der Waals surface area contributed by atoms with Crippen molar-refractivity contribution in [3.63, 3.8) is 0 Å². The topological polar surface area (TPSA) is 91.5 Å². The molecule has 0 spiro atoms. The fourth-order valence-corrected chi connectivity index (χ4v) is 2.68. The zero-order chi connectivity index (χ0) is 19.1. The van der Waals surface area contributed by atoms with Gasteiger partial charge in [0.15, 0.2) is 0 Å². The van der Waals surface area contributed by atoms with E-state index in [2.05, 4.69) is 10.4 Å². The summed E-state index contributed by atoms with van der Waals surface area (Å²) in [5, 5.41) is 19.3. The molecule has 0 radical (unpaired) electrons. The standard InChI is InChI=1S/C19H22N4O4/c1-20-9-11-26-12-10-22-18-8-7-16(23(24)25)13-17(18)19(21-22)27-14-15-5-3-2-4-6-15/h2-8,13,20H,9-12,14H2,1H3. The lowest BCUT2D eigenvalue weighted by Gasteiger charge is -2.05. The zero-order valence-electron chi connectivity index (χ0n) is 15.1. The van der Waals surface area contributed by atoms with Gasteiger partial charge in [-0.05, 0) is 18.7 Å². The normalized spacial score (nSPS) is 11.0. The summed E-state index contributed by atoms with van der Waals surface area (Å²) in [6.07, 6.45) is 0. The van der Waals surface area contributed by atoms with E-state index in [1.54, 1.807) is 10.7 Å². The maximum absolute atomic E-state index is 11.1. The number of nitro groups is 1. The molecule has 0 unspecified atom stereocenters. The molecule has 0 saturated carbocycles. The molecule has 27 heavy (non-hydrogen) atoms. The van der Waals surface area contributed by atoms with Crippen LogP contribution in [0.1, 0.15) is 5.56 Å². The molecule has 3 aromatic rings. The summed E-state index contributed by atoms with van der Waals surface area (Å²) in [6, 6.07) is 14.4. The number of hydrogen-bond donors (Lipinski definition) is 1. The fraction of sp³-hybridized carbons (Fsp3) is 0.316. The third-order valence-electron chi connectivity index (χ3n) is 4.07. The van der Waals surface area contributed by atoms with Crippen molar-refractivity contribution < 1.29 is 14.4 Å². The lowest BCUT2D eigenvalue weighted by Crippen LogP contribution is -2.16. The van der Waals surface area contributed by atoms with Crippen LogP contribution in [0.4, 0.5) is 5.69 Å². The van der Waals surface area contributed by atoms with E-state index in [0.717, 1.165) is 17.6 Å². The first-order chi connectivity index (χ1) is 13.2. The first-order valence-corrected chi connectivity index (χ1v) is 8.73. The fourth-order valence-electron chi connectivity index (χ4n) is 2.68. The molecule has 1 heterocycles. The van der Waals surface area contributed by atoms with E-state index in [1.165, 1.54) is 12.1 Å². The number of non-ortho nitro benzene ring substituents is 1. The van der Waals surface area contributed by atoms with E-state index in [4.69, 9.17) is 9.47 Å². The molecule has 142 valence electrons. The molecule has 0 saturated heterocycles. The second kappa shape index (κ2) is 9.11. The minimum absolute atomic E-state index is 0.0110. The van der Waals surface area contributed by atoms with Crippen LogP contribution in [0.3, 0.4) is 0 Å². The number of fused-ring (bicyclic) bond motifs is 1. The highest BCUT2D eigenvalue weighted by Crippen LogP contribution is 2.29. The third kappa shape index (κ3) is 4.81. The Balaban J connectivity index is 1.81. The number of rotatable bonds is 10. The van der Waals surface area contributed by atoms with Crippen LogP contribution >= 0.6 is 0 Å². The number of benzene rings is 2. The highest BCUT2D eigenvalue weighted by atomic mass is 16.6. The van der Waals surface area contributed by atoms with Gasteiger partial charge in [0.05, 0.1) is 35.6 Å². The zero-order valence-corrected chi connectivity index (χ0v) is 15.1. The molecule has 0 atom stereocenters. The van der Waals surface area contributed by atoms with E-state index in [0.29, 0.717) is 37.6 Å². The van der Waals surface area contributed by atoms with Gasteiger partial charge >= 0.3 is 0 Å². The van der Waals surface area contributed by atoms with Gasteiger partial charge in [-0.3, -0.25) is 14.8 Å². The van der Waals surface area contributed by atoms with Gasteiger partial charge < -0.3 is 14.8 Å². The lowest BCUT2D eigenvalue weighted by atomic mass is 10.2. The van der Waals surface area contributed by atoms with E-state index in [1.807, 2.05) is 37.4 Å². The van der Waals surface area contributed by atoms with Crippen LogP contribution in [0, 0.1) is 10.1 Å². The maximum Gasteiger partial charge on any atom is 0.270 e. The summed E-state index contributed by atoms with van der Waals surface area (Å²) in [6.45, 7) is 2.75. The molecule has 0 aliphatic rings. The van der Waals surface area contributed by atoms with Crippen molar-refractivity contribution in [3.8, 4) is 5.88 Å². The Morgan fingerprint density at radius 2 is 2.00 bits per heavy atom. The van der Waals surface area contributed by atoms with Crippen molar-refractivity contribution in [2.24, 2.45) is 0 Å². The quantitative estimate of drug-likeness (QED) is 0.335. The molecule has 1 aromatic heterocycles. The first kappa shape index (κ1) is 18.8.